The number of methoxy groups -OCH3 is 2. The van der Waals surface area contributed by atoms with Gasteiger partial charge in [0.25, 0.3) is 0 Å². The van der Waals surface area contributed by atoms with E-state index in [1.807, 2.05) is 0 Å². The quantitative estimate of drug-likeness (QED) is 0.613. The lowest BCUT2D eigenvalue weighted by Gasteiger charge is -2.30. The van der Waals surface area contributed by atoms with Gasteiger partial charge in [0, 0.05) is 12.7 Å². The topological polar surface area (TPSA) is 56.5 Å². The molecule has 1 rings (SSSR count). The summed E-state index contributed by atoms with van der Waals surface area (Å²) in [4.78, 5) is 0. The summed E-state index contributed by atoms with van der Waals surface area (Å²) in [6.07, 6.45) is -0.0130. The van der Waals surface area contributed by atoms with Gasteiger partial charge in [0.1, 0.15) is 5.75 Å². The minimum atomic E-state index is -0.0979. The minimum absolute atomic E-state index is 0.0130. The minimum Gasteiger partial charge on any atom is -0.496 e. The molecule has 4 heteroatoms. The van der Waals surface area contributed by atoms with Crippen LogP contribution in [0.15, 0.2) is 12.1 Å². The van der Waals surface area contributed by atoms with E-state index < -0.39 is 0 Å². The van der Waals surface area contributed by atoms with E-state index in [9.17, 15) is 0 Å². The van der Waals surface area contributed by atoms with E-state index in [1.165, 1.54) is 5.56 Å². The Labute approximate surface area is 116 Å². The van der Waals surface area contributed by atoms with Gasteiger partial charge in [-0.05, 0) is 30.9 Å². The summed E-state index contributed by atoms with van der Waals surface area (Å²) in [7, 11) is 3.40. The predicted molar refractivity (Wildman–Crippen MR) is 78.2 cm³/mol. The number of nitrogens with two attached hydrogens (primary N) is 1. The van der Waals surface area contributed by atoms with Crippen molar-refractivity contribution < 1.29 is 9.47 Å². The predicted octanol–water partition coefficient (Wildman–Crippen LogP) is 2.49. The molecule has 108 valence electrons. The highest BCUT2D eigenvalue weighted by Gasteiger charge is 2.28. The first-order valence-electron chi connectivity index (χ1n) is 6.60. The summed E-state index contributed by atoms with van der Waals surface area (Å²) in [6.45, 7) is 8.36. The van der Waals surface area contributed by atoms with Crippen molar-refractivity contribution in [2.24, 2.45) is 11.8 Å². The Bertz CT molecular complexity index is 419. The van der Waals surface area contributed by atoms with Crippen LogP contribution in [0.3, 0.4) is 0 Å². The zero-order valence-corrected chi connectivity index (χ0v) is 12.8. The van der Waals surface area contributed by atoms with Crippen molar-refractivity contribution in [3.63, 3.8) is 0 Å². The highest BCUT2D eigenvalue weighted by Crippen LogP contribution is 2.34. The fourth-order valence-electron chi connectivity index (χ4n) is 2.48. The third kappa shape index (κ3) is 3.26. The molecular weight excluding hydrogens is 240 g/mol. The second-order valence-corrected chi connectivity index (χ2v) is 5.22. The Hall–Kier alpha value is -1.10. The molecule has 1 aromatic rings. The van der Waals surface area contributed by atoms with Gasteiger partial charge in [-0.3, -0.25) is 11.3 Å². The number of nitrogens with one attached hydrogen (secondary N) is 1. The average molecular weight is 266 g/mol. The number of hydrogen-bond donors (Lipinski definition) is 2. The van der Waals surface area contributed by atoms with Crippen molar-refractivity contribution in [3.05, 3.63) is 28.8 Å². The molecule has 4 nitrogen and oxygen atoms in total. The van der Waals surface area contributed by atoms with E-state index in [4.69, 9.17) is 15.3 Å². The first-order valence-corrected chi connectivity index (χ1v) is 6.60. The van der Waals surface area contributed by atoms with Crippen molar-refractivity contribution in [1.82, 2.24) is 5.43 Å². The van der Waals surface area contributed by atoms with Crippen molar-refractivity contribution >= 4 is 0 Å². The van der Waals surface area contributed by atoms with Gasteiger partial charge in [-0.1, -0.05) is 26.0 Å². The molecule has 0 aliphatic rings. The number of aryl methyl sites for hydroxylation is 1. The molecule has 0 amide bonds. The van der Waals surface area contributed by atoms with Crippen LogP contribution >= 0.6 is 0 Å². The molecule has 0 aliphatic heterocycles. The SMILES string of the molecule is COc1c(C(NN)C(OC)C(C)C)ccc(C)c1C. The smallest absolute Gasteiger partial charge is 0.126 e. The highest BCUT2D eigenvalue weighted by molar-refractivity contribution is 5.47. The molecule has 2 atom stereocenters. The van der Waals surface area contributed by atoms with Crippen molar-refractivity contribution in [3.8, 4) is 5.75 Å². The summed E-state index contributed by atoms with van der Waals surface area (Å²) in [5.74, 6) is 6.97. The maximum atomic E-state index is 5.75. The molecule has 0 saturated carbocycles. The largest absolute Gasteiger partial charge is 0.496 e. The standard InChI is InChI=1S/C15H26N2O2/c1-9(2)14(18-5)13(17-16)12-8-7-10(3)11(4)15(12)19-6/h7-9,13-14,17H,16H2,1-6H3. The Kier molecular flexibility index (Phi) is 5.79. The van der Waals surface area contributed by atoms with Crippen molar-refractivity contribution in [2.75, 3.05) is 14.2 Å². The van der Waals surface area contributed by atoms with E-state index in [0.717, 1.165) is 16.9 Å². The van der Waals surface area contributed by atoms with Gasteiger partial charge < -0.3 is 9.47 Å². The van der Waals surface area contributed by atoms with Gasteiger partial charge in [0.15, 0.2) is 0 Å². The summed E-state index contributed by atoms with van der Waals surface area (Å²) >= 11 is 0. The van der Waals surface area contributed by atoms with E-state index in [1.54, 1.807) is 14.2 Å². The molecule has 0 spiro atoms. The molecule has 3 N–H and O–H groups in total. The normalized spacial score (nSPS) is 14.5. The Morgan fingerprint density at radius 2 is 1.79 bits per heavy atom. The molecule has 0 aromatic heterocycles. The van der Waals surface area contributed by atoms with Crippen LogP contribution in [-0.4, -0.2) is 20.3 Å². The van der Waals surface area contributed by atoms with Crippen LogP contribution in [0, 0.1) is 19.8 Å². The van der Waals surface area contributed by atoms with Gasteiger partial charge in [-0.25, -0.2) is 0 Å². The third-order valence-corrected chi connectivity index (χ3v) is 3.68. The molecule has 0 heterocycles. The highest BCUT2D eigenvalue weighted by atomic mass is 16.5. The molecule has 0 radical (unpaired) electrons. The molecule has 0 bridgehead atoms. The fourth-order valence-corrected chi connectivity index (χ4v) is 2.48. The first-order chi connectivity index (χ1) is 8.97. The van der Waals surface area contributed by atoms with Gasteiger partial charge in [0.2, 0.25) is 0 Å². The van der Waals surface area contributed by atoms with Crippen LogP contribution in [0.2, 0.25) is 0 Å². The van der Waals surface area contributed by atoms with Crippen LogP contribution in [0.5, 0.6) is 5.75 Å². The Morgan fingerprint density at radius 1 is 1.16 bits per heavy atom. The summed E-state index contributed by atoms with van der Waals surface area (Å²) < 4.78 is 11.2. The third-order valence-electron chi connectivity index (χ3n) is 3.68. The van der Waals surface area contributed by atoms with E-state index in [-0.39, 0.29) is 12.1 Å². The van der Waals surface area contributed by atoms with Crippen molar-refractivity contribution in [2.45, 2.75) is 39.8 Å². The second-order valence-electron chi connectivity index (χ2n) is 5.22. The second kappa shape index (κ2) is 6.89. The number of ether oxygens (including phenoxy) is 2. The molecule has 0 aliphatic carbocycles. The van der Waals surface area contributed by atoms with Crippen LogP contribution in [0.25, 0.3) is 0 Å². The van der Waals surface area contributed by atoms with E-state index in [2.05, 4.69) is 45.3 Å². The maximum Gasteiger partial charge on any atom is 0.126 e. The number of hydrazine groups is 1. The van der Waals surface area contributed by atoms with Crippen LogP contribution < -0.4 is 16.0 Å². The Morgan fingerprint density at radius 3 is 2.21 bits per heavy atom. The van der Waals surface area contributed by atoms with Gasteiger partial charge in [-0.15, -0.1) is 0 Å². The van der Waals surface area contributed by atoms with Crippen LogP contribution in [-0.2, 0) is 4.74 Å². The zero-order valence-electron chi connectivity index (χ0n) is 12.8. The van der Waals surface area contributed by atoms with Gasteiger partial charge in [-0.2, -0.15) is 0 Å². The number of benzene rings is 1. The van der Waals surface area contributed by atoms with Crippen LogP contribution in [0.1, 0.15) is 36.6 Å². The molecule has 1 aromatic carbocycles. The molecule has 0 saturated heterocycles. The lowest BCUT2D eigenvalue weighted by Crippen LogP contribution is -2.40. The molecular formula is C15H26N2O2. The lowest BCUT2D eigenvalue weighted by molar-refractivity contribution is 0.0319. The maximum absolute atomic E-state index is 5.75. The first kappa shape index (κ1) is 16.0. The summed E-state index contributed by atoms with van der Waals surface area (Å²) in [6, 6.07) is 4.05. The van der Waals surface area contributed by atoms with Crippen LogP contribution in [0.4, 0.5) is 0 Å². The fraction of sp³-hybridized carbons (Fsp3) is 0.600. The summed E-state index contributed by atoms with van der Waals surface area (Å²) in [5, 5.41) is 0. The Balaban J connectivity index is 3.29. The van der Waals surface area contributed by atoms with E-state index >= 15 is 0 Å². The number of rotatable bonds is 6. The average Bonchev–Trinajstić information content (AvgIpc) is 2.38. The van der Waals surface area contributed by atoms with Crippen molar-refractivity contribution in [1.29, 1.82) is 0 Å². The van der Waals surface area contributed by atoms with Gasteiger partial charge in [0.05, 0.1) is 19.3 Å². The molecule has 19 heavy (non-hydrogen) atoms. The number of hydrogen-bond acceptors (Lipinski definition) is 4. The molecule has 2 unspecified atom stereocenters. The zero-order chi connectivity index (χ0) is 14.6. The van der Waals surface area contributed by atoms with E-state index in [0.29, 0.717) is 5.92 Å². The lowest BCUT2D eigenvalue weighted by atomic mass is 9.91. The van der Waals surface area contributed by atoms with Gasteiger partial charge >= 0.3 is 0 Å². The summed E-state index contributed by atoms with van der Waals surface area (Å²) in [5.41, 5.74) is 6.24. The monoisotopic (exact) mass is 266 g/mol. The molecule has 0 fully saturated rings.